The molecule has 0 bridgehead atoms. The normalized spacial score (nSPS) is 19.7. The molecule has 1 aromatic carbocycles. The van der Waals surface area contributed by atoms with Crippen molar-refractivity contribution in [1.29, 1.82) is 0 Å². The van der Waals surface area contributed by atoms with Gasteiger partial charge >= 0.3 is 0 Å². The summed E-state index contributed by atoms with van der Waals surface area (Å²) in [5, 5.41) is 0. The lowest BCUT2D eigenvalue weighted by Gasteiger charge is -2.26. The SMILES string of the molecule is COc1cccc2c1CN(C(=O)c1ccc(Cl)s1)CC(=O)N2CCC1CCCN(C(C)C)CC1. The van der Waals surface area contributed by atoms with E-state index in [1.807, 2.05) is 23.1 Å². The lowest BCUT2D eigenvalue weighted by Crippen LogP contribution is -2.40. The molecule has 6 nitrogen and oxygen atoms in total. The second kappa shape index (κ2) is 11.1. The van der Waals surface area contributed by atoms with Crippen LogP contribution in [-0.4, -0.2) is 60.9 Å². The maximum absolute atomic E-state index is 13.5. The fraction of sp³-hybridized carbons (Fsp3) is 0.538. The van der Waals surface area contributed by atoms with Crippen molar-refractivity contribution in [2.45, 2.75) is 52.1 Å². The average molecular weight is 504 g/mol. The van der Waals surface area contributed by atoms with Crippen LogP contribution in [-0.2, 0) is 11.3 Å². The van der Waals surface area contributed by atoms with Crippen LogP contribution in [0.2, 0.25) is 4.34 Å². The number of benzene rings is 1. The van der Waals surface area contributed by atoms with E-state index in [1.165, 1.54) is 24.2 Å². The lowest BCUT2D eigenvalue weighted by molar-refractivity contribution is -0.119. The Kier molecular flexibility index (Phi) is 8.17. The zero-order valence-corrected chi connectivity index (χ0v) is 21.8. The number of methoxy groups -OCH3 is 1. The van der Waals surface area contributed by atoms with Crippen LogP contribution < -0.4 is 9.64 Å². The Morgan fingerprint density at radius 2 is 2.00 bits per heavy atom. The molecular weight excluding hydrogens is 470 g/mol. The van der Waals surface area contributed by atoms with E-state index in [2.05, 4.69) is 18.7 Å². The van der Waals surface area contributed by atoms with E-state index in [9.17, 15) is 9.59 Å². The van der Waals surface area contributed by atoms with E-state index in [4.69, 9.17) is 16.3 Å². The molecule has 0 spiro atoms. The van der Waals surface area contributed by atoms with Crippen LogP contribution in [0.1, 0.15) is 54.8 Å². The highest BCUT2D eigenvalue weighted by molar-refractivity contribution is 7.17. The van der Waals surface area contributed by atoms with Crippen molar-refractivity contribution in [3.63, 3.8) is 0 Å². The first-order valence-corrected chi connectivity index (χ1v) is 13.3. The van der Waals surface area contributed by atoms with E-state index in [1.54, 1.807) is 24.1 Å². The summed E-state index contributed by atoms with van der Waals surface area (Å²) in [7, 11) is 1.63. The lowest BCUT2D eigenvalue weighted by atomic mass is 9.96. The Labute approximate surface area is 211 Å². The van der Waals surface area contributed by atoms with Crippen LogP contribution in [0.4, 0.5) is 5.69 Å². The van der Waals surface area contributed by atoms with Gasteiger partial charge in [0.05, 0.1) is 28.6 Å². The van der Waals surface area contributed by atoms with Gasteiger partial charge in [0.2, 0.25) is 5.91 Å². The third-order valence-corrected chi connectivity index (χ3v) is 8.26. The molecule has 2 aliphatic heterocycles. The van der Waals surface area contributed by atoms with Gasteiger partial charge in [-0.05, 0) is 82.8 Å². The molecular formula is C26H34ClN3O3S. The first-order valence-electron chi connectivity index (χ1n) is 12.1. The number of rotatable bonds is 6. The molecule has 4 rings (SSSR count). The van der Waals surface area contributed by atoms with Crippen LogP contribution in [0.15, 0.2) is 30.3 Å². The maximum atomic E-state index is 13.5. The number of carbonyl (C=O) groups excluding carboxylic acids is 2. The number of thiophene rings is 1. The van der Waals surface area contributed by atoms with Gasteiger partial charge in [-0.1, -0.05) is 17.7 Å². The molecule has 0 radical (unpaired) electrons. The molecule has 34 heavy (non-hydrogen) atoms. The van der Waals surface area contributed by atoms with Crippen molar-refractivity contribution in [2.24, 2.45) is 5.92 Å². The fourth-order valence-corrected chi connectivity index (χ4v) is 6.08. The monoisotopic (exact) mass is 503 g/mol. The Morgan fingerprint density at radius 1 is 1.18 bits per heavy atom. The molecule has 0 saturated carbocycles. The summed E-state index contributed by atoms with van der Waals surface area (Å²) in [6.45, 7) is 7.81. The van der Waals surface area contributed by atoms with Gasteiger partial charge < -0.3 is 19.4 Å². The molecule has 0 N–H and O–H groups in total. The number of ether oxygens (including phenoxy) is 1. The van der Waals surface area contributed by atoms with Crippen molar-refractivity contribution in [3.8, 4) is 5.75 Å². The van der Waals surface area contributed by atoms with Gasteiger partial charge in [-0.15, -0.1) is 11.3 Å². The number of amides is 2. The van der Waals surface area contributed by atoms with Crippen LogP contribution >= 0.6 is 22.9 Å². The van der Waals surface area contributed by atoms with E-state index in [0.29, 0.717) is 40.0 Å². The van der Waals surface area contributed by atoms with Gasteiger partial charge in [0, 0.05) is 18.2 Å². The van der Waals surface area contributed by atoms with Gasteiger partial charge in [0.25, 0.3) is 5.91 Å². The van der Waals surface area contributed by atoms with Gasteiger partial charge in [0.1, 0.15) is 12.3 Å². The Morgan fingerprint density at radius 3 is 2.71 bits per heavy atom. The first kappa shape index (κ1) is 25.0. The fourth-order valence-electron chi connectivity index (χ4n) is 5.07. The van der Waals surface area contributed by atoms with E-state index < -0.39 is 0 Å². The van der Waals surface area contributed by atoms with Gasteiger partial charge in [-0.25, -0.2) is 0 Å². The first-order chi connectivity index (χ1) is 16.4. The summed E-state index contributed by atoms with van der Waals surface area (Å²) in [5.74, 6) is 1.06. The zero-order chi connectivity index (χ0) is 24.2. The third-order valence-electron chi connectivity index (χ3n) is 7.04. The van der Waals surface area contributed by atoms with Crippen molar-refractivity contribution >= 4 is 40.4 Å². The molecule has 2 aromatic rings. The van der Waals surface area contributed by atoms with Crippen LogP contribution in [0.25, 0.3) is 0 Å². The van der Waals surface area contributed by atoms with E-state index in [-0.39, 0.29) is 18.4 Å². The minimum atomic E-state index is -0.179. The molecule has 1 fully saturated rings. The number of carbonyl (C=O) groups is 2. The summed E-state index contributed by atoms with van der Waals surface area (Å²) in [6, 6.07) is 9.79. The third kappa shape index (κ3) is 5.58. The van der Waals surface area contributed by atoms with Crippen LogP contribution in [0.5, 0.6) is 5.75 Å². The van der Waals surface area contributed by atoms with Gasteiger partial charge in [-0.2, -0.15) is 0 Å². The molecule has 2 aliphatic rings. The maximum Gasteiger partial charge on any atom is 0.264 e. The largest absolute Gasteiger partial charge is 0.496 e. The molecule has 2 amide bonds. The van der Waals surface area contributed by atoms with Crippen molar-refractivity contribution in [3.05, 3.63) is 45.1 Å². The summed E-state index contributed by atoms with van der Waals surface area (Å²) >= 11 is 7.30. The molecule has 3 heterocycles. The summed E-state index contributed by atoms with van der Waals surface area (Å²) in [5.41, 5.74) is 1.72. The van der Waals surface area contributed by atoms with Gasteiger partial charge in [-0.3, -0.25) is 9.59 Å². The predicted molar refractivity (Wildman–Crippen MR) is 138 cm³/mol. The zero-order valence-electron chi connectivity index (χ0n) is 20.3. The number of likely N-dealkylation sites (tertiary alicyclic amines) is 1. The highest BCUT2D eigenvalue weighted by Crippen LogP contribution is 2.35. The molecule has 1 saturated heterocycles. The molecule has 0 aliphatic carbocycles. The number of nitrogens with zero attached hydrogens (tertiary/aromatic N) is 3. The summed E-state index contributed by atoms with van der Waals surface area (Å²) < 4.78 is 6.19. The van der Waals surface area contributed by atoms with Crippen molar-refractivity contribution in [1.82, 2.24) is 9.80 Å². The predicted octanol–water partition coefficient (Wildman–Crippen LogP) is 5.30. The standard InChI is InChI=1S/C26H34ClN3O3S/c1-18(2)28-13-5-6-19(11-14-28)12-15-30-21-7-4-8-22(33-3)20(21)16-29(17-25(30)31)26(32)23-9-10-24(27)34-23/h4,7-10,18-19H,5-6,11-17H2,1-3H3. The molecule has 8 heteroatoms. The highest BCUT2D eigenvalue weighted by Gasteiger charge is 2.32. The van der Waals surface area contributed by atoms with Crippen LogP contribution in [0, 0.1) is 5.92 Å². The number of hydrogen-bond donors (Lipinski definition) is 0. The Balaban J connectivity index is 1.54. The van der Waals surface area contributed by atoms with Gasteiger partial charge in [0.15, 0.2) is 0 Å². The second-order valence-corrected chi connectivity index (χ2v) is 11.2. The van der Waals surface area contributed by atoms with E-state index in [0.717, 1.165) is 37.2 Å². The average Bonchev–Trinajstić information content (AvgIpc) is 3.03. The second-order valence-electron chi connectivity index (χ2n) is 9.48. The number of halogens is 1. The van der Waals surface area contributed by atoms with Crippen molar-refractivity contribution in [2.75, 3.05) is 38.2 Å². The summed E-state index contributed by atoms with van der Waals surface area (Å²) in [4.78, 5) is 33.3. The Bertz CT molecular complexity index is 1020. The smallest absolute Gasteiger partial charge is 0.264 e. The minimum absolute atomic E-state index is 0.0397. The summed E-state index contributed by atoms with van der Waals surface area (Å²) in [6.07, 6.45) is 4.52. The topological polar surface area (TPSA) is 53.1 Å². The number of hydrogen-bond acceptors (Lipinski definition) is 5. The Hall–Kier alpha value is -2.09. The number of fused-ring (bicyclic) bond motifs is 1. The van der Waals surface area contributed by atoms with E-state index >= 15 is 0 Å². The number of anilines is 1. The molecule has 1 unspecified atom stereocenters. The molecule has 1 atom stereocenters. The van der Waals surface area contributed by atoms with Crippen molar-refractivity contribution < 1.29 is 14.3 Å². The minimum Gasteiger partial charge on any atom is -0.496 e. The molecule has 1 aromatic heterocycles. The van der Waals surface area contributed by atoms with Crippen LogP contribution in [0.3, 0.4) is 0 Å². The quantitative estimate of drug-likeness (QED) is 0.536. The molecule has 184 valence electrons. The highest BCUT2D eigenvalue weighted by atomic mass is 35.5.